The summed E-state index contributed by atoms with van der Waals surface area (Å²) in [4.78, 5) is 11.9. The Balaban J connectivity index is 2.69. The third-order valence-corrected chi connectivity index (χ3v) is 3.79. The van der Waals surface area contributed by atoms with Gasteiger partial charge in [-0.3, -0.25) is 4.79 Å². The van der Waals surface area contributed by atoms with Crippen molar-refractivity contribution in [2.24, 2.45) is 5.92 Å². The van der Waals surface area contributed by atoms with Crippen molar-refractivity contribution < 1.29 is 4.79 Å². The molecule has 0 radical (unpaired) electrons. The lowest BCUT2D eigenvalue weighted by molar-refractivity contribution is 0.0962. The van der Waals surface area contributed by atoms with Crippen molar-refractivity contribution in [1.29, 1.82) is 0 Å². The van der Waals surface area contributed by atoms with Crippen LogP contribution in [0.2, 0.25) is 5.02 Å². The molecule has 0 amide bonds. The maximum absolute atomic E-state index is 11.9. The number of ketones is 1. The molecule has 0 fully saturated rings. The van der Waals surface area contributed by atoms with Gasteiger partial charge < -0.3 is 0 Å². The minimum Gasteiger partial charge on any atom is -0.294 e. The van der Waals surface area contributed by atoms with Gasteiger partial charge in [0.1, 0.15) is 0 Å². The Bertz CT molecular complexity index is 376. The molecule has 1 aromatic rings. The average Bonchev–Trinajstić information content (AvgIpc) is 2.22. The molecular weight excluding hydrogens is 287 g/mol. The summed E-state index contributed by atoms with van der Waals surface area (Å²) >= 11 is 9.27. The second kappa shape index (κ2) is 6.41. The van der Waals surface area contributed by atoms with Crippen LogP contribution in [0, 0.1) is 5.92 Å². The smallest absolute Gasteiger partial charge is 0.163 e. The zero-order chi connectivity index (χ0) is 12.1. The molecule has 0 aliphatic rings. The molecule has 0 heterocycles. The predicted molar refractivity (Wildman–Crippen MR) is 72.2 cm³/mol. The third-order valence-electron chi connectivity index (χ3n) is 2.56. The van der Waals surface area contributed by atoms with Crippen LogP contribution in [0.25, 0.3) is 0 Å². The van der Waals surface area contributed by atoms with Gasteiger partial charge in [0.2, 0.25) is 0 Å². The van der Waals surface area contributed by atoms with Crippen molar-refractivity contribution in [3.05, 3.63) is 33.3 Å². The molecule has 0 N–H and O–H groups in total. The summed E-state index contributed by atoms with van der Waals surface area (Å²) in [5.41, 5.74) is 0.705. The fourth-order valence-electron chi connectivity index (χ4n) is 1.70. The lowest BCUT2D eigenvalue weighted by Gasteiger charge is -2.09. The summed E-state index contributed by atoms with van der Waals surface area (Å²) in [6.45, 7) is 4.25. The molecule has 3 heteroatoms. The Morgan fingerprint density at radius 3 is 2.75 bits per heavy atom. The molecule has 16 heavy (non-hydrogen) atoms. The number of Topliss-reactive ketones (excluding diaryl/α,β-unsaturated/α-hetero) is 1. The average molecular weight is 304 g/mol. The highest BCUT2D eigenvalue weighted by Crippen LogP contribution is 2.24. The molecule has 0 saturated carbocycles. The maximum Gasteiger partial charge on any atom is 0.163 e. The monoisotopic (exact) mass is 302 g/mol. The molecule has 1 atom stereocenters. The van der Waals surface area contributed by atoms with Crippen molar-refractivity contribution in [3.63, 3.8) is 0 Å². The van der Waals surface area contributed by atoms with Gasteiger partial charge in [-0.05, 0) is 34.0 Å². The Morgan fingerprint density at radius 1 is 1.50 bits per heavy atom. The van der Waals surface area contributed by atoms with Crippen LogP contribution in [-0.4, -0.2) is 5.78 Å². The van der Waals surface area contributed by atoms with Gasteiger partial charge >= 0.3 is 0 Å². The highest BCUT2D eigenvalue weighted by Gasteiger charge is 2.11. The summed E-state index contributed by atoms with van der Waals surface area (Å²) in [7, 11) is 0. The van der Waals surface area contributed by atoms with E-state index < -0.39 is 0 Å². The second-order valence-corrected chi connectivity index (χ2v) is 5.41. The standard InChI is InChI=1S/C13H16BrClO/c1-3-4-9(2)7-13(16)10-5-6-11(14)12(15)8-10/h5-6,8-9H,3-4,7H2,1-2H3. The van der Waals surface area contributed by atoms with Crippen molar-refractivity contribution in [2.45, 2.75) is 33.1 Å². The number of hydrogen-bond donors (Lipinski definition) is 0. The summed E-state index contributed by atoms with van der Waals surface area (Å²) in [5, 5.41) is 0.592. The van der Waals surface area contributed by atoms with Gasteiger partial charge in [-0.1, -0.05) is 44.4 Å². The van der Waals surface area contributed by atoms with E-state index >= 15 is 0 Å². The summed E-state index contributed by atoms with van der Waals surface area (Å²) < 4.78 is 0.826. The molecular formula is C13H16BrClO. The Kier molecular flexibility index (Phi) is 5.50. The molecule has 0 saturated heterocycles. The van der Waals surface area contributed by atoms with Crippen LogP contribution in [0.3, 0.4) is 0 Å². The van der Waals surface area contributed by atoms with Crippen LogP contribution < -0.4 is 0 Å². The van der Waals surface area contributed by atoms with E-state index in [2.05, 4.69) is 29.8 Å². The van der Waals surface area contributed by atoms with Crippen LogP contribution in [-0.2, 0) is 0 Å². The van der Waals surface area contributed by atoms with Gasteiger partial charge in [0.25, 0.3) is 0 Å². The third kappa shape index (κ3) is 3.91. The van der Waals surface area contributed by atoms with E-state index in [1.54, 1.807) is 6.07 Å². The minimum absolute atomic E-state index is 0.176. The van der Waals surface area contributed by atoms with Crippen LogP contribution in [0.1, 0.15) is 43.5 Å². The first-order valence-electron chi connectivity index (χ1n) is 5.52. The molecule has 1 rings (SSSR count). The SMILES string of the molecule is CCCC(C)CC(=O)c1ccc(Br)c(Cl)c1. The van der Waals surface area contributed by atoms with Gasteiger partial charge in [0, 0.05) is 16.5 Å². The number of hydrogen-bond acceptors (Lipinski definition) is 1. The quantitative estimate of drug-likeness (QED) is 0.691. The topological polar surface area (TPSA) is 17.1 Å². The van der Waals surface area contributed by atoms with Crippen LogP contribution >= 0.6 is 27.5 Å². The zero-order valence-corrected chi connectivity index (χ0v) is 11.9. The molecule has 0 aromatic heterocycles. The molecule has 0 spiro atoms. The highest BCUT2D eigenvalue weighted by atomic mass is 79.9. The van der Waals surface area contributed by atoms with Crippen molar-refractivity contribution in [2.75, 3.05) is 0 Å². The van der Waals surface area contributed by atoms with E-state index in [9.17, 15) is 4.79 Å². The van der Waals surface area contributed by atoms with Crippen molar-refractivity contribution in [3.8, 4) is 0 Å². The summed E-state index contributed by atoms with van der Waals surface area (Å²) in [6, 6.07) is 5.36. The van der Waals surface area contributed by atoms with E-state index in [4.69, 9.17) is 11.6 Å². The maximum atomic E-state index is 11.9. The molecule has 88 valence electrons. The first kappa shape index (κ1) is 13.7. The zero-order valence-electron chi connectivity index (χ0n) is 9.59. The Hall–Kier alpha value is -0.340. The number of carbonyl (C=O) groups is 1. The molecule has 1 unspecified atom stereocenters. The van der Waals surface area contributed by atoms with Gasteiger partial charge in [0.15, 0.2) is 5.78 Å². The van der Waals surface area contributed by atoms with Crippen LogP contribution in [0.15, 0.2) is 22.7 Å². The minimum atomic E-state index is 0.176. The number of rotatable bonds is 5. The highest BCUT2D eigenvalue weighted by molar-refractivity contribution is 9.10. The largest absolute Gasteiger partial charge is 0.294 e. The van der Waals surface area contributed by atoms with Gasteiger partial charge in [-0.15, -0.1) is 0 Å². The van der Waals surface area contributed by atoms with Gasteiger partial charge in [0.05, 0.1) is 5.02 Å². The normalized spacial score (nSPS) is 12.5. The Morgan fingerprint density at radius 2 is 2.19 bits per heavy atom. The first-order valence-corrected chi connectivity index (χ1v) is 6.70. The van der Waals surface area contributed by atoms with Crippen molar-refractivity contribution in [1.82, 2.24) is 0 Å². The number of halogens is 2. The van der Waals surface area contributed by atoms with E-state index in [0.717, 1.165) is 17.3 Å². The number of carbonyl (C=O) groups excluding carboxylic acids is 1. The van der Waals surface area contributed by atoms with Crippen molar-refractivity contribution >= 4 is 33.3 Å². The summed E-state index contributed by atoms with van der Waals surface area (Å²) in [6.07, 6.45) is 2.82. The van der Waals surface area contributed by atoms with Crippen LogP contribution in [0.4, 0.5) is 0 Å². The molecule has 0 bridgehead atoms. The lowest BCUT2D eigenvalue weighted by atomic mass is 9.96. The van der Waals surface area contributed by atoms with E-state index in [1.807, 2.05) is 12.1 Å². The predicted octanol–water partition coefficient (Wildman–Crippen LogP) is 5.11. The lowest BCUT2D eigenvalue weighted by Crippen LogP contribution is -2.05. The molecule has 1 nitrogen and oxygen atoms in total. The fraction of sp³-hybridized carbons (Fsp3) is 0.462. The Labute approximate surface area is 110 Å². The van der Waals surface area contributed by atoms with Gasteiger partial charge in [-0.2, -0.15) is 0 Å². The van der Waals surface area contributed by atoms with E-state index in [-0.39, 0.29) is 5.78 Å². The van der Waals surface area contributed by atoms with E-state index in [0.29, 0.717) is 22.9 Å². The fourth-order valence-corrected chi connectivity index (χ4v) is 2.13. The second-order valence-electron chi connectivity index (χ2n) is 4.15. The molecule has 0 aliphatic heterocycles. The van der Waals surface area contributed by atoms with Gasteiger partial charge in [-0.25, -0.2) is 0 Å². The van der Waals surface area contributed by atoms with E-state index in [1.165, 1.54) is 0 Å². The molecule has 1 aromatic carbocycles. The first-order chi connectivity index (χ1) is 7.54. The molecule has 0 aliphatic carbocycles. The number of benzene rings is 1. The van der Waals surface area contributed by atoms with Crippen LogP contribution in [0.5, 0.6) is 0 Å². The summed E-state index contributed by atoms with van der Waals surface area (Å²) in [5.74, 6) is 0.621.